The first-order valence-electron chi connectivity index (χ1n) is 7.64. The predicted molar refractivity (Wildman–Crippen MR) is 84.4 cm³/mol. The molecule has 1 aliphatic rings. The van der Waals surface area contributed by atoms with Crippen LogP contribution in [0.4, 0.5) is 5.82 Å². The molecule has 3 heterocycles. The molecule has 122 valence electrons. The highest BCUT2D eigenvalue weighted by molar-refractivity contribution is 5.96. The molecule has 0 aliphatic carbocycles. The standard InChI is InChI=1S/C16H20N4O3/c1-11-15(12(2)23-19-11)16(21)18-10-13-3-4-17-14(9-13)20-5-7-22-8-6-20/h3-4,9H,5-8,10H2,1-2H3,(H,18,21). The SMILES string of the molecule is Cc1noc(C)c1C(=O)NCc1ccnc(N2CCOCC2)c1. The molecular formula is C16H20N4O3. The molecule has 23 heavy (non-hydrogen) atoms. The van der Waals surface area contributed by atoms with Gasteiger partial charge in [-0.2, -0.15) is 0 Å². The van der Waals surface area contributed by atoms with Crippen molar-refractivity contribution >= 4 is 11.7 Å². The van der Waals surface area contributed by atoms with E-state index in [-0.39, 0.29) is 5.91 Å². The Balaban J connectivity index is 1.65. The smallest absolute Gasteiger partial charge is 0.257 e. The predicted octanol–water partition coefficient (Wildman–Crippen LogP) is 1.45. The van der Waals surface area contributed by atoms with Crippen LogP contribution in [0.5, 0.6) is 0 Å². The average Bonchev–Trinajstić information content (AvgIpc) is 2.92. The van der Waals surface area contributed by atoms with Crippen LogP contribution in [0, 0.1) is 13.8 Å². The molecule has 7 heteroatoms. The fourth-order valence-electron chi connectivity index (χ4n) is 2.61. The quantitative estimate of drug-likeness (QED) is 0.919. The maximum Gasteiger partial charge on any atom is 0.257 e. The van der Waals surface area contributed by atoms with E-state index in [2.05, 4.69) is 20.4 Å². The second kappa shape index (κ2) is 6.78. The van der Waals surface area contributed by atoms with E-state index in [0.717, 1.165) is 24.5 Å². The van der Waals surface area contributed by atoms with E-state index in [9.17, 15) is 4.79 Å². The second-order valence-corrected chi connectivity index (χ2v) is 5.50. The van der Waals surface area contributed by atoms with Crippen LogP contribution in [0.1, 0.15) is 27.4 Å². The highest BCUT2D eigenvalue weighted by atomic mass is 16.5. The van der Waals surface area contributed by atoms with E-state index in [0.29, 0.717) is 36.8 Å². The highest BCUT2D eigenvalue weighted by Crippen LogP contribution is 2.15. The normalized spacial score (nSPS) is 14.8. The van der Waals surface area contributed by atoms with E-state index in [1.54, 1.807) is 20.0 Å². The van der Waals surface area contributed by atoms with Gasteiger partial charge in [0.25, 0.3) is 5.91 Å². The molecule has 2 aromatic heterocycles. The van der Waals surface area contributed by atoms with Crippen LogP contribution < -0.4 is 10.2 Å². The molecule has 7 nitrogen and oxygen atoms in total. The Kier molecular flexibility index (Phi) is 4.57. The van der Waals surface area contributed by atoms with E-state index in [4.69, 9.17) is 9.26 Å². The number of nitrogens with zero attached hydrogens (tertiary/aromatic N) is 3. The molecule has 0 atom stereocenters. The van der Waals surface area contributed by atoms with Crippen LogP contribution in [0.3, 0.4) is 0 Å². The zero-order chi connectivity index (χ0) is 16.2. The Morgan fingerprint density at radius 1 is 1.35 bits per heavy atom. The Morgan fingerprint density at radius 2 is 2.13 bits per heavy atom. The molecule has 1 amide bonds. The number of anilines is 1. The van der Waals surface area contributed by atoms with Crippen LogP contribution in [0.2, 0.25) is 0 Å². The Bertz CT molecular complexity index is 673. The van der Waals surface area contributed by atoms with Crippen molar-refractivity contribution in [2.45, 2.75) is 20.4 Å². The first-order chi connectivity index (χ1) is 11.1. The van der Waals surface area contributed by atoms with Gasteiger partial charge in [0, 0.05) is 25.8 Å². The fourth-order valence-corrected chi connectivity index (χ4v) is 2.61. The van der Waals surface area contributed by atoms with Crippen molar-refractivity contribution in [3.63, 3.8) is 0 Å². The number of pyridine rings is 1. The first kappa shape index (κ1) is 15.5. The molecule has 0 unspecified atom stereocenters. The number of hydrogen-bond acceptors (Lipinski definition) is 6. The van der Waals surface area contributed by atoms with Gasteiger partial charge in [0.05, 0.1) is 18.9 Å². The summed E-state index contributed by atoms with van der Waals surface area (Å²) in [6.45, 7) is 7.03. The summed E-state index contributed by atoms with van der Waals surface area (Å²) in [6.07, 6.45) is 1.77. The van der Waals surface area contributed by atoms with E-state index in [1.807, 2.05) is 12.1 Å². The zero-order valence-electron chi connectivity index (χ0n) is 13.3. The summed E-state index contributed by atoms with van der Waals surface area (Å²) in [6, 6.07) is 3.90. The highest BCUT2D eigenvalue weighted by Gasteiger charge is 2.17. The van der Waals surface area contributed by atoms with Gasteiger partial charge in [-0.05, 0) is 31.5 Å². The number of hydrogen-bond donors (Lipinski definition) is 1. The second-order valence-electron chi connectivity index (χ2n) is 5.50. The minimum atomic E-state index is -0.175. The summed E-state index contributed by atoms with van der Waals surface area (Å²) in [7, 11) is 0. The minimum absolute atomic E-state index is 0.175. The molecule has 2 aromatic rings. The third-order valence-electron chi connectivity index (χ3n) is 3.86. The average molecular weight is 316 g/mol. The Morgan fingerprint density at radius 3 is 2.83 bits per heavy atom. The molecule has 3 rings (SSSR count). The number of ether oxygens (including phenoxy) is 1. The number of nitrogens with one attached hydrogen (secondary N) is 1. The molecule has 1 aliphatic heterocycles. The van der Waals surface area contributed by atoms with Crippen molar-refractivity contribution in [1.82, 2.24) is 15.5 Å². The van der Waals surface area contributed by atoms with Gasteiger partial charge in [-0.3, -0.25) is 4.79 Å². The van der Waals surface area contributed by atoms with Crippen molar-refractivity contribution in [2.24, 2.45) is 0 Å². The van der Waals surface area contributed by atoms with Crippen LogP contribution in [0.25, 0.3) is 0 Å². The van der Waals surface area contributed by atoms with Gasteiger partial charge in [-0.1, -0.05) is 5.16 Å². The Labute approximate surface area is 134 Å². The lowest BCUT2D eigenvalue weighted by Gasteiger charge is -2.28. The van der Waals surface area contributed by atoms with Crippen LogP contribution in [-0.4, -0.2) is 42.4 Å². The molecule has 0 bridgehead atoms. The van der Waals surface area contributed by atoms with Gasteiger partial charge in [0.15, 0.2) is 0 Å². The third kappa shape index (κ3) is 3.50. The summed E-state index contributed by atoms with van der Waals surface area (Å²) >= 11 is 0. The van der Waals surface area contributed by atoms with E-state index < -0.39 is 0 Å². The van der Waals surface area contributed by atoms with Crippen LogP contribution in [-0.2, 0) is 11.3 Å². The van der Waals surface area contributed by atoms with E-state index >= 15 is 0 Å². The number of amides is 1. The molecule has 0 aromatic carbocycles. The van der Waals surface area contributed by atoms with Gasteiger partial charge >= 0.3 is 0 Å². The minimum Gasteiger partial charge on any atom is -0.378 e. The largest absolute Gasteiger partial charge is 0.378 e. The van der Waals surface area contributed by atoms with Crippen molar-refractivity contribution in [3.05, 3.63) is 40.9 Å². The monoisotopic (exact) mass is 316 g/mol. The van der Waals surface area contributed by atoms with Gasteiger partial charge in [-0.15, -0.1) is 0 Å². The fraction of sp³-hybridized carbons (Fsp3) is 0.438. The summed E-state index contributed by atoms with van der Waals surface area (Å²) in [5.41, 5.74) is 2.11. The number of carbonyl (C=O) groups excluding carboxylic acids is 1. The molecular weight excluding hydrogens is 296 g/mol. The van der Waals surface area contributed by atoms with Crippen molar-refractivity contribution in [3.8, 4) is 0 Å². The number of aryl methyl sites for hydroxylation is 2. The summed E-state index contributed by atoms with van der Waals surface area (Å²) in [5.74, 6) is 1.27. The van der Waals surface area contributed by atoms with Crippen molar-refractivity contribution in [2.75, 3.05) is 31.2 Å². The van der Waals surface area contributed by atoms with Crippen LogP contribution in [0.15, 0.2) is 22.9 Å². The van der Waals surface area contributed by atoms with Crippen LogP contribution >= 0.6 is 0 Å². The summed E-state index contributed by atoms with van der Waals surface area (Å²) in [5, 5.41) is 6.71. The van der Waals surface area contributed by atoms with Crippen molar-refractivity contribution in [1.29, 1.82) is 0 Å². The first-order valence-corrected chi connectivity index (χ1v) is 7.64. The van der Waals surface area contributed by atoms with Gasteiger partial charge in [0.2, 0.25) is 0 Å². The molecule has 0 radical (unpaired) electrons. The van der Waals surface area contributed by atoms with Gasteiger partial charge in [0.1, 0.15) is 17.1 Å². The lowest BCUT2D eigenvalue weighted by molar-refractivity contribution is 0.0949. The molecule has 0 spiro atoms. The van der Waals surface area contributed by atoms with Gasteiger partial charge in [-0.25, -0.2) is 4.98 Å². The topological polar surface area (TPSA) is 80.5 Å². The molecule has 1 fully saturated rings. The summed E-state index contributed by atoms with van der Waals surface area (Å²) in [4.78, 5) is 18.8. The lowest BCUT2D eigenvalue weighted by atomic mass is 10.2. The summed E-state index contributed by atoms with van der Waals surface area (Å²) < 4.78 is 10.4. The number of carbonyl (C=O) groups is 1. The molecule has 1 N–H and O–H groups in total. The number of aromatic nitrogens is 2. The Hall–Kier alpha value is -2.41. The maximum absolute atomic E-state index is 12.3. The number of rotatable bonds is 4. The molecule has 0 saturated carbocycles. The zero-order valence-corrected chi connectivity index (χ0v) is 13.3. The van der Waals surface area contributed by atoms with Gasteiger partial charge < -0.3 is 19.5 Å². The molecule has 1 saturated heterocycles. The maximum atomic E-state index is 12.3. The van der Waals surface area contributed by atoms with E-state index in [1.165, 1.54) is 0 Å². The van der Waals surface area contributed by atoms with Crippen molar-refractivity contribution < 1.29 is 14.1 Å². The third-order valence-corrected chi connectivity index (χ3v) is 3.86. The lowest BCUT2D eigenvalue weighted by Crippen LogP contribution is -2.36. The number of morpholine rings is 1.